The molecule has 3 amide bonds. The molecule has 0 radical (unpaired) electrons. The summed E-state index contributed by atoms with van der Waals surface area (Å²) in [7, 11) is 3.72. The van der Waals surface area contributed by atoms with Gasteiger partial charge in [-0.2, -0.15) is 0 Å². The highest BCUT2D eigenvalue weighted by Crippen LogP contribution is 2.29. The van der Waals surface area contributed by atoms with Crippen LogP contribution in [-0.4, -0.2) is 91.3 Å². The zero-order valence-electron chi connectivity index (χ0n) is 33.2. The van der Waals surface area contributed by atoms with E-state index in [4.69, 9.17) is 19.9 Å². The number of fused-ring (bicyclic) bond motifs is 1. The zero-order valence-corrected chi connectivity index (χ0v) is 33.2. The van der Waals surface area contributed by atoms with Crippen LogP contribution in [0.5, 0.6) is 11.5 Å². The summed E-state index contributed by atoms with van der Waals surface area (Å²) in [6, 6.07) is 19.8. The van der Waals surface area contributed by atoms with Gasteiger partial charge in [-0.3, -0.25) is 19.3 Å². The van der Waals surface area contributed by atoms with Crippen LogP contribution >= 0.6 is 0 Å². The summed E-state index contributed by atoms with van der Waals surface area (Å²) in [5, 5.41) is 16.1. The van der Waals surface area contributed by atoms with Gasteiger partial charge in [-0.05, 0) is 101 Å². The number of ether oxygens (including phenoxy) is 3. The molecule has 12 nitrogen and oxygen atoms in total. The highest BCUT2D eigenvalue weighted by Gasteiger charge is 2.30. The molecule has 0 aromatic heterocycles. The number of nitrogens with one attached hydrogen (secondary N) is 2. The number of benzene rings is 3. The van der Waals surface area contributed by atoms with Gasteiger partial charge in [0.15, 0.2) is 0 Å². The van der Waals surface area contributed by atoms with E-state index in [0.29, 0.717) is 73.8 Å². The Bertz CT molecular complexity index is 1670. The first-order chi connectivity index (χ1) is 26.5. The highest BCUT2D eigenvalue weighted by molar-refractivity contribution is 6.00. The van der Waals surface area contributed by atoms with Crippen LogP contribution in [0.3, 0.4) is 0 Å². The largest absolute Gasteiger partial charge is 0.497 e. The number of carbonyl (C=O) groups excluding carboxylic acids is 3. The number of nitrogens with zero attached hydrogens (tertiary/aromatic N) is 2. The number of rotatable bonds is 15. The van der Waals surface area contributed by atoms with Gasteiger partial charge in [0.05, 0.1) is 48.9 Å². The third kappa shape index (κ3) is 13.9. The van der Waals surface area contributed by atoms with Crippen molar-refractivity contribution in [2.45, 2.75) is 96.9 Å². The number of aliphatic hydroxyl groups excluding tert-OH is 1. The lowest BCUT2D eigenvalue weighted by molar-refractivity contribution is -0.116. The predicted molar refractivity (Wildman–Crippen MR) is 217 cm³/mol. The minimum atomic E-state index is -0.476. The number of unbranched alkanes of at least 4 members (excludes halogenated alkanes) is 2. The second-order valence-corrected chi connectivity index (χ2v) is 14.8. The lowest BCUT2D eigenvalue weighted by Gasteiger charge is -2.36. The lowest BCUT2D eigenvalue weighted by atomic mass is 10.0. The fourth-order valence-corrected chi connectivity index (χ4v) is 6.67. The summed E-state index contributed by atoms with van der Waals surface area (Å²) in [5.41, 5.74) is 8.99. The Morgan fingerprint density at radius 3 is 2.40 bits per heavy atom. The number of amides is 3. The summed E-state index contributed by atoms with van der Waals surface area (Å²) < 4.78 is 18.2. The van der Waals surface area contributed by atoms with Crippen LogP contribution in [0.15, 0.2) is 66.7 Å². The van der Waals surface area contributed by atoms with Crippen molar-refractivity contribution in [3.8, 4) is 11.5 Å². The molecule has 3 aromatic carbocycles. The number of carbonyl (C=O) groups is 3. The van der Waals surface area contributed by atoms with Gasteiger partial charge >= 0.3 is 0 Å². The Kier molecular flexibility index (Phi) is 17.3. The van der Waals surface area contributed by atoms with Crippen LogP contribution in [0.2, 0.25) is 0 Å². The van der Waals surface area contributed by atoms with Crippen molar-refractivity contribution < 1.29 is 33.7 Å². The van der Waals surface area contributed by atoms with E-state index >= 15 is 0 Å². The molecule has 4 rings (SSSR count). The first-order valence-corrected chi connectivity index (χ1v) is 19.6. The van der Waals surface area contributed by atoms with Gasteiger partial charge in [0, 0.05) is 50.7 Å². The van der Waals surface area contributed by atoms with E-state index < -0.39 is 6.04 Å². The number of hydrogen-bond acceptors (Lipinski definition) is 9. The van der Waals surface area contributed by atoms with Crippen molar-refractivity contribution >= 4 is 34.8 Å². The topological polar surface area (TPSA) is 156 Å². The van der Waals surface area contributed by atoms with Crippen LogP contribution in [0.1, 0.15) is 88.1 Å². The molecular weight excluding hydrogens is 699 g/mol. The summed E-state index contributed by atoms with van der Waals surface area (Å²) in [6.45, 7) is 8.02. The molecule has 0 bridgehead atoms. The van der Waals surface area contributed by atoms with Crippen LogP contribution in [0, 0.1) is 5.92 Å². The van der Waals surface area contributed by atoms with Crippen LogP contribution in [0.4, 0.5) is 17.1 Å². The fourth-order valence-electron chi connectivity index (χ4n) is 6.67. The maximum atomic E-state index is 14.5. The molecule has 1 aliphatic rings. The standard InChI is InChI=1S/C43H61N5O7/c1-30-26-48(31(2)29-49)43(52)36-25-34(45-41(50)16-7-6-8-17-42(51)46-38-15-10-9-14-37(38)44)20-23-39(36)55-32(3)13-11-12-24-54-40(30)28-47(4)27-33-18-21-35(53-5)22-19-33/h9-10,14-15,18-23,25,30-32,40,49H,6-8,11-13,16-17,24,26-29,44H2,1-5H3,(H,45,50)(H,46,51)/t30-,31+,32+,40+/m0/s1. The van der Waals surface area contributed by atoms with E-state index in [-0.39, 0.29) is 48.9 Å². The second kappa shape index (κ2) is 22.0. The molecule has 0 spiro atoms. The molecule has 300 valence electrons. The molecule has 1 aliphatic heterocycles. The summed E-state index contributed by atoms with van der Waals surface area (Å²) >= 11 is 0. The Morgan fingerprint density at radius 1 is 1.00 bits per heavy atom. The molecule has 12 heteroatoms. The van der Waals surface area contributed by atoms with E-state index in [1.165, 1.54) is 0 Å². The number of likely N-dealkylation sites (N-methyl/N-ethyl adjacent to an activating group) is 1. The normalized spacial score (nSPS) is 18.8. The number of methoxy groups -OCH3 is 1. The zero-order chi connectivity index (χ0) is 39.7. The van der Waals surface area contributed by atoms with E-state index in [1.54, 1.807) is 42.3 Å². The van der Waals surface area contributed by atoms with Crippen LogP contribution in [0.25, 0.3) is 0 Å². The van der Waals surface area contributed by atoms with Crippen molar-refractivity contribution in [2.24, 2.45) is 5.92 Å². The second-order valence-electron chi connectivity index (χ2n) is 14.8. The van der Waals surface area contributed by atoms with Crippen LogP contribution in [-0.2, 0) is 20.9 Å². The lowest BCUT2D eigenvalue weighted by Crippen LogP contribution is -2.47. The van der Waals surface area contributed by atoms with E-state index in [0.717, 1.165) is 37.1 Å². The van der Waals surface area contributed by atoms with Gasteiger partial charge in [0.1, 0.15) is 11.5 Å². The summed E-state index contributed by atoms with van der Waals surface area (Å²) in [5.74, 6) is 0.606. The Balaban J connectivity index is 1.42. The number of para-hydroxylation sites is 2. The minimum absolute atomic E-state index is 0.0621. The van der Waals surface area contributed by atoms with Gasteiger partial charge in [0.25, 0.3) is 5.91 Å². The number of nitrogen functional groups attached to an aromatic ring is 1. The molecule has 4 atom stereocenters. The van der Waals surface area contributed by atoms with Gasteiger partial charge in [-0.15, -0.1) is 0 Å². The molecule has 55 heavy (non-hydrogen) atoms. The smallest absolute Gasteiger partial charge is 0.258 e. The minimum Gasteiger partial charge on any atom is -0.497 e. The fraction of sp³-hybridized carbons (Fsp3) is 0.512. The molecule has 1 heterocycles. The van der Waals surface area contributed by atoms with Crippen molar-refractivity contribution in [3.05, 3.63) is 77.9 Å². The maximum absolute atomic E-state index is 14.5. The van der Waals surface area contributed by atoms with Crippen molar-refractivity contribution in [1.29, 1.82) is 0 Å². The third-order valence-electron chi connectivity index (χ3n) is 9.98. The number of aliphatic hydroxyl groups is 1. The molecule has 0 unspecified atom stereocenters. The van der Waals surface area contributed by atoms with E-state index in [2.05, 4.69) is 41.6 Å². The van der Waals surface area contributed by atoms with E-state index in [1.807, 2.05) is 38.1 Å². The van der Waals surface area contributed by atoms with Crippen LogP contribution < -0.4 is 25.8 Å². The van der Waals surface area contributed by atoms with Gasteiger partial charge in [0.2, 0.25) is 11.8 Å². The average molecular weight is 760 g/mol. The molecular formula is C43H61N5O7. The average Bonchev–Trinajstić information content (AvgIpc) is 3.17. The number of hydrogen-bond donors (Lipinski definition) is 4. The Morgan fingerprint density at radius 2 is 1.71 bits per heavy atom. The monoisotopic (exact) mass is 759 g/mol. The first-order valence-electron chi connectivity index (χ1n) is 19.6. The molecule has 0 saturated carbocycles. The molecule has 0 fully saturated rings. The predicted octanol–water partition coefficient (Wildman–Crippen LogP) is 6.73. The molecule has 0 saturated heterocycles. The van der Waals surface area contributed by atoms with Gasteiger partial charge < -0.3 is 40.6 Å². The Hall–Kier alpha value is -4.65. The number of nitrogens with two attached hydrogens (primary N) is 1. The van der Waals surface area contributed by atoms with Gasteiger partial charge in [-0.25, -0.2) is 0 Å². The van der Waals surface area contributed by atoms with E-state index in [9.17, 15) is 19.5 Å². The highest BCUT2D eigenvalue weighted by atomic mass is 16.5. The summed E-state index contributed by atoms with van der Waals surface area (Å²) in [4.78, 5) is 43.8. The quantitative estimate of drug-likeness (QED) is 0.0975. The molecule has 5 N–H and O–H groups in total. The maximum Gasteiger partial charge on any atom is 0.258 e. The van der Waals surface area contributed by atoms with Crippen molar-refractivity contribution in [1.82, 2.24) is 9.80 Å². The molecule has 0 aliphatic carbocycles. The molecule has 3 aromatic rings. The SMILES string of the molecule is COc1ccc(CN(C)C[C@H]2OCCCC[C@@H](C)Oc3ccc(NC(=O)CCCCCC(=O)Nc4ccccc4N)cc3C(=O)N([C@H](C)CO)C[C@@H]2C)cc1. The Labute approximate surface area is 326 Å². The van der Waals surface area contributed by atoms with Gasteiger partial charge in [-0.1, -0.05) is 37.6 Å². The van der Waals surface area contributed by atoms with Crippen molar-refractivity contribution in [2.75, 3.05) is 56.8 Å². The number of anilines is 3. The first kappa shape index (κ1) is 43.1. The summed E-state index contributed by atoms with van der Waals surface area (Å²) in [6.07, 6.45) is 4.79. The van der Waals surface area contributed by atoms with Crippen molar-refractivity contribution in [3.63, 3.8) is 0 Å². The third-order valence-corrected chi connectivity index (χ3v) is 9.98.